The second-order valence-electron chi connectivity index (χ2n) is 6.47. The summed E-state index contributed by atoms with van der Waals surface area (Å²) >= 11 is 0. The van der Waals surface area contributed by atoms with Crippen LogP contribution in [0.2, 0.25) is 0 Å². The lowest BCUT2D eigenvalue weighted by Crippen LogP contribution is -2.43. The van der Waals surface area contributed by atoms with Crippen molar-refractivity contribution in [2.45, 2.75) is 31.7 Å². The first-order valence-corrected chi connectivity index (χ1v) is 8.72. The van der Waals surface area contributed by atoms with Gasteiger partial charge in [0.2, 0.25) is 0 Å². The molecule has 1 N–H and O–H groups in total. The van der Waals surface area contributed by atoms with Gasteiger partial charge in [0.1, 0.15) is 5.75 Å². The number of rotatable bonds is 5. The van der Waals surface area contributed by atoms with Crippen LogP contribution in [0.25, 0.3) is 0 Å². The summed E-state index contributed by atoms with van der Waals surface area (Å²) in [7, 11) is 2.25. The Labute approximate surface area is 134 Å². The van der Waals surface area contributed by atoms with Gasteiger partial charge in [0.05, 0.1) is 12.3 Å². The third-order valence-electron chi connectivity index (χ3n) is 4.95. The number of hydrogen-bond donors (Lipinski definition) is 1. The Morgan fingerprint density at radius 2 is 1.95 bits per heavy atom. The molecule has 0 spiro atoms. The van der Waals surface area contributed by atoms with E-state index in [2.05, 4.69) is 46.4 Å². The fraction of sp³-hybridized carbons (Fsp3) is 0.667. The number of nitrogens with zero attached hydrogens (tertiary/aromatic N) is 2. The van der Waals surface area contributed by atoms with Gasteiger partial charge in [0.15, 0.2) is 0 Å². The number of nitrogens with one attached hydrogen (secondary N) is 1. The van der Waals surface area contributed by atoms with E-state index in [1.54, 1.807) is 0 Å². The van der Waals surface area contributed by atoms with Crippen molar-refractivity contribution in [3.8, 4) is 5.75 Å². The second-order valence-corrected chi connectivity index (χ2v) is 6.47. The zero-order chi connectivity index (χ0) is 15.2. The van der Waals surface area contributed by atoms with Crippen molar-refractivity contribution in [3.63, 3.8) is 0 Å². The van der Waals surface area contributed by atoms with Crippen LogP contribution in [0.1, 0.15) is 25.7 Å². The van der Waals surface area contributed by atoms with Crippen LogP contribution < -0.4 is 15.0 Å². The van der Waals surface area contributed by atoms with Crippen LogP contribution in [0, 0.1) is 0 Å². The van der Waals surface area contributed by atoms with Crippen molar-refractivity contribution < 1.29 is 4.74 Å². The van der Waals surface area contributed by atoms with Crippen molar-refractivity contribution in [2.75, 3.05) is 51.3 Å². The molecule has 1 aromatic carbocycles. The minimum Gasteiger partial charge on any atom is -0.491 e. The van der Waals surface area contributed by atoms with E-state index in [4.69, 9.17) is 4.74 Å². The van der Waals surface area contributed by atoms with Crippen LogP contribution in [0.15, 0.2) is 24.3 Å². The molecule has 0 bridgehead atoms. The zero-order valence-electron chi connectivity index (χ0n) is 13.8. The minimum atomic E-state index is 0.695. The molecule has 4 heteroatoms. The molecule has 0 saturated carbocycles. The molecule has 1 unspecified atom stereocenters. The van der Waals surface area contributed by atoms with E-state index in [0.717, 1.165) is 45.0 Å². The molecule has 3 rings (SSSR count). The third-order valence-corrected chi connectivity index (χ3v) is 4.95. The number of piperidine rings is 1. The molecule has 0 amide bonds. The molecule has 2 saturated heterocycles. The molecule has 2 aliphatic heterocycles. The van der Waals surface area contributed by atoms with Gasteiger partial charge < -0.3 is 19.9 Å². The predicted molar refractivity (Wildman–Crippen MR) is 91.9 cm³/mol. The number of benzene rings is 1. The maximum absolute atomic E-state index is 6.15. The fourth-order valence-corrected chi connectivity index (χ4v) is 3.56. The van der Waals surface area contributed by atoms with E-state index in [9.17, 15) is 0 Å². The number of piperazine rings is 1. The van der Waals surface area contributed by atoms with Crippen molar-refractivity contribution >= 4 is 5.69 Å². The summed E-state index contributed by atoms with van der Waals surface area (Å²) in [5, 5.41) is 3.41. The SMILES string of the molecule is CN1CCCCC1CCOc1ccccc1N1CCNCC1. The van der Waals surface area contributed by atoms with E-state index in [0.29, 0.717) is 6.04 Å². The summed E-state index contributed by atoms with van der Waals surface area (Å²) in [6.45, 7) is 6.29. The molecule has 2 fully saturated rings. The lowest BCUT2D eigenvalue weighted by atomic mass is 10.0. The summed E-state index contributed by atoms with van der Waals surface area (Å²) in [6.07, 6.45) is 5.16. The highest BCUT2D eigenvalue weighted by molar-refractivity contribution is 5.58. The van der Waals surface area contributed by atoms with Gasteiger partial charge in [-0.15, -0.1) is 0 Å². The number of anilines is 1. The lowest BCUT2D eigenvalue weighted by Gasteiger charge is -2.33. The largest absolute Gasteiger partial charge is 0.491 e. The summed E-state index contributed by atoms with van der Waals surface area (Å²) in [4.78, 5) is 4.92. The quantitative estimate of drug-likeness (QED) is 0.904. The molecule has 1 aromatic rings. The molecule has 2 aliphatic rings. The van der Waals surface area contributed by atoms with Crippen LogP contribution in [0.5, 0.6) is 5.75 Å². The van der Waals surface area contributed by atoms with Crippen LogP contribution >= 0.6 is 0 Å². The van der Waals surface area contributed by atoms with Crippen molar-refractivity contribution in [1.29, 1.82) is 0 Å². The molecule has 22 heavy (non-hydrogen) atoms. The summed E-state index contributed by atoms with van der Waals surface area (Å²) in [5.74, 6) is 1.04. The Bertz CT molecular complexity index is 459. The highest BCUT2D eigenvalue weighted by Gasteiger charge is 2.19. The van der Waals surface area contributed by atoms with E-state index < -0.39 is 0 Å². The summed E-state index contributed by atoms with van der Waals surface area (Å²) < 4.78 is 6.15. The monoisotopic (exact) mass is 303 g/mol. The molecule has 2 heterocycles. The molecule has 0 aromatic heterocycles. The van der Waals surface area contributed by atoms with Crippen LogP contribution in [0.4, 0.5) is 5.69 Å². The topological polar surface area (TPSA) is 27.7 Å². The normalized spacial score (nSPS) is 23.5. The van der Waals surface area contributed by atoms with Gasteiger partial charge in [-0.1, -0.05) is 18.6 Å². The standard InChI is InChI=1S/C18H29N3O/c1-20-12-5-4-6-16(20)9-15-22-18-8-3-2-7-17(18)21-13-10-19-11-14-21/h2-3,7-8,16,19H,4-6,9-15H2,1H3. The smallest absolute Gasteiger partial charge is 0.142 e. The first-order chi connectivity index (χ1) is 10.8. The van der Waals surface area contributed by atoms with Gasteiger partial charge in [0.25, 0.3) is 0 Å². The van der Waals surface area contributed by atoms with Gasteiger partial charge in [-0.2, -0.15) is 0 Å². The molecular formula is C18H29N3O. The van der Waals surface area contributed by atoms with E-state index >= 15 is 0 Å². The van der Waals surface area contributed by atoms with Crippen LogP contribution in [-0.4, -0.2) is 57.3 Å². The number of likely N-dealkylation sites (tertiary alicyclic amines) is 1. The fourth-order valence-electron chi connectivity index (χ4n) is 3.56. The minimum absolute atomic E-state index is 0.695. The Kier molecular flexibility index (Phi) is 5.57. The van der Waals surface area contributed by atoms with E-state index in [1.165, 1.54) is 31.5 Å². The van der Waals surface area contributed by atoms with Crippen LogP contribution in [-0.2, 0) is 0 Å². The number of hydrogen-bond acceptors (Lipinski definition) is 4. The molecule has 1 atom stereocenters. The van der Waals surface area contributed by atoms with Gasteiger partial charge >= 0.3 is 0 Å². The summed E-state index contributed by atoms with van der Waals surface area (Å²) in [6, 6.07) is 9.18. The van der Waals surface area contributed by atoms with Crippen LogP contribution in [0.3, 0.4) is 0 Å². The second kappa shape index (κ2) is 7.84. The maximum atomic E-state index is 6.15. The average molecular weight is 303 g/mol. The molecule has 0 radical (unpaired) electrons. The van der Waals surface area contributed by atoms with Gasteiger partial charge in [-0.25, -0.2) is 0 Å². The van der Waals surface area contributed by atoms with Gasteiger partial charge in [0, 0.05) is 32.2 Å². The first kappa shape index (κ1) is 15.6. The van der Waals surface area contributed by atoms with Crippen molar-refractivity contribution in [1.82, 2.24) is 10.2 Å². The van der Waals surface area contributed by atoms with Gasteiger partial charge in [-0.05, 0) is 45.0 Å². The highest BCUT2D eigenvalue weighted by atomic mass is 16.5. The molecular weight excluding hydrogens is 274 g/mol. The Balaban J connectivity index is 1.55. The van der Waals surface area contributed by atoms with E-state index in [1.807, 2.05) is 0 Å². The first-order valence-electron chi connectivity index (χ1n) is 8.72. The third kappa shape index (κ3) is 3.93. The molecule has 122 valence electrons. The van der Waals surface area contributed by atoms with E-state index in [-0.39, 0.29) is 0 Å². The van der Waals surface area contributed by atoms with Crippen molar-refractivity contribution in [3.05, 3.63) is 24.3 Å². The lowest BCUT2D eigenvalue weighted by molar-refractivity contribution is 0.153. The molecule has 4 nitrogen and oxygen atoms in total. The Hall–Kier alpha value is -1.26. The summed E-state index contributed by atoms with van der Waals surface area (Å²) in [5.41, 5.74) is 1.25. The Morgan fingerprint density at radius 1 is 1.14 bits per heavy atom. The maximum Gasteiger partial charge on any atom is 0.142 e. The Morgan fingerprint density at radius 3 is 2.77 bits per heavy atom. The number of ether oxygens (including phenoxy) is 1. The molecule has 0 aliphatic carbocycles. The van der Waals surface area contributed by atoms with Gasteiger partial charge in [-0.3, -0.25) is 0 Å². The predicted octanol–water partition coefficient (Wildman–Crippen LogP) is 2.35. The zero-order valence-corrected chi connectivity index (χ0v) is 13.8. The number of para-hydroxylation sites is 2. The average Bonchev–Trinajstić information content (AvgIpc) is 2.58. The highest BCUT2D eigenvalue weighted by Crippen LogP contribution is 2.28. The van der Waals surface area contributed by atoms with Crippen molar-refractivity contribution in [2.24, 2.45) is 0 Å².